The van der Waals surface area contributed by atoms with E-state index in [0.29, 0.717) is 5.69 Å². The molecule has 0 atom stereocenters. The van der Waals surface area contributed by atoms with Crippen LogP contribution in [-0.4, -0.2) is 15.9 Å². The van der Waals surface area contributed by atoms with Crippen molar-refractivity contribution in [3.63, 3.8) is 0 Å². The highest BCUT2D eigenvalue weighted by molar-refractivity contribution is 6.02. The van der Waals surface area contributed by atoms with E-state index in [2.05, 4.69) is 20.6 Å². The van der Waals surface area contributed by atoms with E-state index < -0.39 is 17.5 Å². The molecule has 0 aliphatic carbocycles. The quantitative estimate of drug-likeness (QED) is 0.766. The zero-order valence-electron chi connectivity index (χ0n) is 12.3. The van der Waals surface area contributed by atoms with Crippen LogP contribution in [-0.2, 0) is 0 Å². The number of anilines is 3. The zero-order valence-corrected chi connectivity index (χ0v) is 12.3. The molecule has 3 rings (SSSR count). The third-order valence-corrected chi connectivity index (χ3v) is 3.13. The molecule has 1 amide bonds. The minimum Gasteiger partial charge on any atom is -0.334 e. The van der Waals surface area contributed by atoms with Gasteiger partial charge in [-0.15, -0.1) is 0 Å². The van der Waals surface area contributed by atoms with Crippen molar-refractivity contribution in [2.24, 2.45) is 0 Å². The van der Waals surface area contributed by atoms with E-state index in [1.807, 2.05) is 6.07 Å². The fourth-order valence-corrected chi connectivity index (χ4v) is 1.97. The maximum absolute atomic E-state index is 13.6. The van der Waals surface area contributed by atoms with Crippen LogP contribution >= 0.6 is 0 Å². The van der Waals surface area contributed by atoms with Gasteiger partial charge in [-0.1, -0.05) is 24.3 Å². The van der Waals surface area contributed by atoms with Gasteiger partial charge in [0.25, 0.3) is 5.91 Å². The minimum atomic E-state index is -0.748. The van der Waals surface area contributed by atoms with Crippen molar-refractivity contribution in [3.8, 4) is 0 Å². The van der Waals surface area contributed by atoms with Crippen molar-refractivity contribution in [1.29, 1.82) is 0 Å². The Kier molecular flexibility index (Phi) is 4.42. The largest absolute Gasteiger partial charge is 0.334 e. The number of rotatable bonds is 4. The number of halogens is 2. The minimum absolute atomic E-state index is 0.0819. The van der Waals surface area contributed by atoms with Crippen molar-refractivity contribution in [2.75, 3.05) is 10.6 Å². The molecule has 5 nitrogen and oxygen atoms in total. The first-order chi connectivity index (χ1) is 11.6. The second kappa shape index (κ2) is 6.82. The van der Waals surface area contributed by atoms with Crippen LogP contribution in [0.4, 0.5) is 26.0 Å². The van der Waals surface area contributed by atoms with Gasteiger partial charge < -0.3 is 10.6 Å². The monoisotopic (exact) mass is 326 g/mol. The lowest BCUT2D eigenvalue weighted by Gasteiger charge is -2.08. The predicted molar refractivity (Wildman–Crippen MR) is 86.1 cm³/mol. The summed E-state index contributed by atoms with van der Waals surface area (Å²) in [5, 5.41) is 5.16. The number of nitrogens with one attached hydrogen (secondary N) is 2. The summed E-state index contributed by atoms with van der Waals surface area (Å²) in [4.78, 5) is 19.9. The van der Waals surface area contributed by atoms with Crippen LogP contribution in [0, 0.1) is 11.6 Å². The third kappa shape index (κ3) is 3.52. The lowest BCUT2D eigenvalue weighted by molar-refractivity contribution is 0.102. The molecule has 24 heavy (non-hydrogen) atoms. The smallest absolute Gasteiger partial charge is 0.275 e. The molecule has 2 aromatic carbocycles. The molecule has 1 aromatic heterocycles. The molecular formula is C17H12F2N4O. The SMILES string of the molecule is O=C(Nc1ccccc1)c1cnc(Nc2c(F)cccc2F)cn1. The summed E-state index contributed by atoms with van der Waals surface area (Å²) in [5.74, 6) is -1.81. The summed E-state index contributed by atoms with van der Waals surface area (Å²) >= 11 is 0. The highest BCUT2D eigenvalue weighted by Crippen LogP contribution is 2.21. The molecule has 0 spiro atoms. The molecule has 0 saturated heterocycles. The lowest BCUT2D eigenvalue weighted by atomic mass is 10.3. The molecule has 7 heteroatoms. The number of amides is 1. The number of nitrogens with zero attached hydrogens (tertiary/aromatic N) is 2. The van der Waals surface area contributed by atoms with Gasteiger partial charge in [0, 0.05) is 5.69 Å². The van der Waals surface area contributed by atoms with Crippen molar-refractivity contribution < 1.29 is 13.6 Å². The highest BCUT2D eigenvalue weighted by atomic mass is 19.1. The van der Waals surface area contributed by atoms with E-state index in [0.717, 1.165) is 12.1 Å². The predicted octanol–water partition coefficient (Wildman–Crippen LogP) is 3.75. The van der Waals surface area contributed by atoms with E-state index in [1.165, 1.54) is 18.5 Å². The summed E-state index contributed by atoms with van der Waals surface area (Å²) in [6.45, 7) is 0. The highest BCUT2D eigenvalue weighted by Gasteiger charge is 2.11. The van der Waals surface area contributed by atoms with Crippen molar-refractivity contribution >= 4 is 23.1 Å². The molecule has 0 aliphatic heterocycles. The fourth-order valence-electron chi connectivity index (χ4n) is 1.97. The Morgan fingerprint density at radius 1 is 0.875 bits per heavy atom. The summed E-state index contributed by atoms with van der Waals surface area (Å²) in [6.07, 6.45) is 2.45. The number of para-hydroxylation sites is 2. The third-order valence-electron chi connectivity index (χ3n) is 3.13. The summed E-state index contributed by atoms with van der Waals surface area (Å²) in [6, 6.07) is 12.4. The molecule has 0 fully saturated rings. The topological polar surface area (TPSA) is 66.9 Å². The van der Waals surface area contributed by atoms with Gasteiger partial charge in [-0.05, 0) is 24.3 Å². The second-order valence-corrected chi connectivity index (χ2v) is 4.83. The van der Waals surface area contributed by atoms with E-state index >= 15 is 0 Å². The zero-order chi connectivity index (χ0) is 16.9. The van der Waals surface area contributed by atoms with Gasteiger partial charge in [-0.25, -0.2) is 18.7 Å². The first-order valence-corrected chi connectivity index (χ1v) is 7.03. The van der Waals surface area contributed by atoms with E-state index in [-0.39, 0.29) is 17.2 Å². The normalized spacial score (nSPS) is 10.2. The first-order valence-electron chi connectivity index (χ1n) is 7.03. The fraction of sp³-hybridized carbons (Fsp3) is 0. The van der Waals surface area contributed by atoms with Crippen LogP contribution < -0.4 is 10.6 Å². The number of hydrogen-bond acceptors (Lipinski definition) is 4. The van der Waals surface area contributed by atoms with Gasteiger partial charge in [-0.2, -0.15) is 0 Å². The molecule has 120 valence electrons. The number of hydrogen-bond donors (Lipinski definition) is 2. The van der Waals surface area contributed by atoms with Crippen molar-refractivity contribution in [3.05, 3.63) is 78.3 Å². The Bertz CT molecular complexity index is 834. The van der Waals surface area contributed by atoms with Crippen LogP contribution in [0.1, 0.15) is 10.5 Å². The standard InChI is InChI=1S/C17H12F2N4O/c18-12-7-4-8-13(19)16(12)23-15-10-20-14(9-21-15)17(24)22-11-5-2-1-3-6-11/h1-10H,(H,21,23)(H,22,24). The number of benzene rings is 2. The van der Waals surface area contributed by atoms with Gasteiger partial charge in [-0.3, -0.25) is 4.79 Å². The number of aromatic nitrogens is 2. The van der Waals surface area contributed by atoms with Crippen LogP contribution in [0.2, 0.25) is 0 Å². The molecule has 0 radical (unpaired) electrons. The summed E-state index contributed by atoms with van der Waals surface area (Å²) < 4.78 is 27.1. The molecule has 3 aromatic rings. The maximum atomic E-state index is 13.6. The van der Waals surface area contributed by atoms with E-state index in [1.54, 1.807) is 24.3 Å². The molecule has 2 N–H and O–H groups in total. The average Bonchev–Trinajstić information content (AvgIpc) is 2.60. The van der Waals surface area contributed by atoms with E-state index in [9.17, 15) is 13.6 Å². The Hall–Kier alpha value is -3.35. The molecular weight excluding hydrogens is 314 g/mol. The second-order valence-electron chi connectivity index (χ2n) is 4.83. The van der Waals surface area contributed by atoms with Gasteiger partial charge >= 0.3 is 0 Å². The van der Waals surface area contributed by atoms with Gasteiger partial charge in [0.15, 0.2) is 0 Å². The van der Waals surface area contributed by atoms with E-state index in [4.69, 9.17) is 0 Å². The number of carbonyl (C=O) groups excluding carboxylic acids is 1. The summed E-state index contributed by atoms with van der Waals surface area (Å²) in [5.41, 5.74) is 0.381. The van der Waals surface area contributed by atoms with Crippen LogP contribution in [0.25, 0.3) is 0 Å². The van der Waals surface area contributed by atoms with Crippen LogP contribution in [0.3, 0.4) is 0 Å². The Labute approximate surface area is 136 Å². The molecule has 0 bridgehead atoms. The van der Waals surface area contributed by atoms with Gasteiger partial charge in [0.1, 0.15) is 28.8 Å². The first kappa shape index (κ1) is 15.5. The van der Waals surface area contributed by atoms with Crippen molar-refractivity contribution in [2.45, 2.75) is 0 Å². The van der Waals surface area contributed by atoms with Crippen LogP contribution in [0.15, 0.2) is 60.9 Å². The van der Waals surface area contributed by atoms with Gasteiger partial charge in [0.2, 0.25) is 0 Å². The van der Waals surface area contributed by atoms with Crippen molar-refractivity contribution in [1.82, 2.24) is 9.97 Å². The molecule has 0 unspecified atom stereocenters. The maximum Gasteiger partial charge on any atom is 0.275 e. The Morgan fingerprint density at radius 2 is 1.58 bits per heavy atom. The Balaban J connectivity index is 1.72. The molecule has 0 saturated carbocycles. The average molecular weight is 326 g/mol. The lowest BCUT2D eigenvalue weighted by Crippen LogP contribution is -2.14. The molecule has 1 heterocycles. The van der Waals surface area contributed by atoms with Gasteiger partial charge in [0.05, 0.1) is 12.4 Å². The number of carbonyl (C=O) groups is 1. The Morgan fingerprint density at radius 3 is 2.21 bits per heavy atom. The summed E-state index contributed by atoms with van der Waals surface area (Å²) in [7, 11) is 0. The van der Waals surface area contributed by atoms with Crippen LogP contribution in [0.5, 0.6) is 0 Å². The molecule has 0 aliphatic rings.